The fourth-order valence-corrected chi connectivity index (χ4v) is 3.24. The largest absolute Gasteiger partial charge is 0.493 e. The zero-order chi connectivity index (χ0) is 21.1. The first kappa shape index (κ1) is 20.8. The van der Waals surface area contributed by atoms with Gasteiger partial charge in [0.1, 0.15) is 11.4 Å². The lowest BCUT2D eigenvalue weighted by molar-refractivity contribution is -0.122. The summed E-state index contributed by atoms with van der Waals surface area (Å²) < 4.78 is 25.0. The molecule has 0 atom stereocenters. The van der Waals surface area contributed by atoms with Crippen molar-refractivity contribution in [3.63, 3.8) is 0 Å². The molecule has 3 rings (SSSR count). The minimum absolute atomic E-state index is 0.0655. The molecular weight excluding hydrogens is 419 g/mol. The summed E-state index contributed by atoms with van der Waals surface area (Å²) in [5.74, 6) is -1.32. The third-order valence-corrected chi connectivity index (χ3v) is 4.69. The molecule has 1 aliphatic heterocycles. The second-order valence-corrected chi connectivity index (χ2v) is 6.66. The fraction of sp³-hybridized carbons (Fsp3) is 0.150. The molecule has 1 N–H and O–H groups in total. The number of carbonyl (C=O) groups is 2. The van der Waals surface area contributed by atoms with Gasteiger partial charge in [-0.3, -0.25) is 14.9 Å². The van der Waals surface area contributed by atoms with E-state index in [0.717, 1.165) is 4.90 Å². The summed E-state index contributed by atoms with van der Waals surface area (Å²) in [5.41, 5.74) is 0.0383. The van der Waals surface area contributed by atoms with E-state index in [2.05, 4.69) is 5.32 Å². The van der Waals surface area contributed by atoms with Crippen LogP contribution in [0, 0.1) is 5.82 Å². The van der Waals surface area contributed by atoms with E-state index >= 15 is 0 Å². The summed E-state index contributed by atoms with van der Waals surface area (Å²) in [4.78, 5) is 26.3. The van der Waals surface area contributed by atoms with Crippen LogP contribution in [0.2, 0.25) is 5.02 Å². The Morgan fingerprint density at radius 2 is 1.97 bits per heavy atom. The highest BCUT2D eigenvalue weighted by Crippen LogP contribution is 2.35. The van der Waals surface area contributed by atoms with E-state index in [1.54, 1.807) is 19.1 Å². The van der Waals surface area contributed by atoms with Crippen LogP contribution in [0.3, 0.4) is 0 Å². The summed E-state index contributed by atoms with van der Waals surface area (Å²) in [7, 11) is 1.47. The molecule has 0 unspecified atom stereocenters. The van der Waals surface area contributed by atoms with Crippen molar-refractivity contribution in [2.24, 2.45) is 0 Å². The third-order valence-electron chi connectivity index (χ3n) is 4.08. The third kappa shape index (κ3) is 4.08. The van der Waals surface area contributed by atoms with Gasteiger partial charge in [0, 0.05) is 6.07 Å². The molecule has 150 valence electrons. The van der Waals surface area contributed by atoms with Crippen molar-refractivity contribution >= 4 is 52.5 Å². The number of para-hydroxylation sites is 1. The highest BCUT2D eigenvalue weighted by molar-refractivity contribution is 7.80. The molecule has 2 amide bonds. The molecular formula is C20H16ClFN2O4S. The van der Waals surface area contributed by atoms with E-state index < -0.39 is 17.6 Å². The number of hydrogen-bond donors (Lipinski definition) is 1. The maximum absolute atomic E-state index is 14.2. The van der Waals surface area contributed by atoms with E-state index in [1.165, 1.54) is 37.5 Å². The average Bonchev–Trinajstić information content (AvgIpc) is 2.68. The fourth-order valence-electron chi connectivity index (χ4n) is 2.75. The predicted molar refractivity (Wildman–Crippen MR) is 112 cm³/mol. The van der Waals surface area contributed by atoms with E-state index in [9.17, 15) is 14.0 Å². The van der Waals surface area contributed by atoms with Gasteiger partial charge in [0.15, 0.2) is 16.6 Å². The Balaban J connectivity index is 2.08. The predicted octanol–water partition coefficient (Wildman–Crippen LogP) is 3.72. The zero-order valence-corrected chi connectivity index (χ0v) is 17.1. The number of nitrogens with one attached hydrogen (secondary N) is 1. The van der Waals surface area contributed by atoms with Gasteiger partial charge in [0.25, 0.3) is 11.8 Å². The molecule has 6 nitrogen and oxygen atoms in total. The maximum Gasteiger partial charge on any atom is 0.270 e. The average molecular weight is 435 g/mol. The number of benzene rings is 2. The van der Waals surface area contributed by atoms with E-state index in [4.69, 9.17) is 33.3 Å². The zero-order valence-electron chi connectivity index (χ0n) is 15.5. The molecule has 1 saturated heterocycles. The Morgan fingerprint density at radius 1 is 1.24 bits per heavy atom. The second kappa shape index (κ2) is 8.59. The van der Waals surface area contributed by atoms with Crippen LogP contribution in [0.4, 0.5) is 10.1 Å². The van der Waals surface area contributed by atoms with Crippen molar-refractivity contribution in [1.29, 1.82) is 0 Å². The van der Waals surface area contributed by atoms with Gasteiger partial charge >= 0.3 is 0 Å². The van der Waals surface area contributed by atoms with Gasteiger partial charge in [0.05, 0.1) is 24.4 Å². The van der Waals surface area contributed by atoms with Crippen molar-refractivity contribution in [2.75, 3.05) is 18.6 Å². The van der Waals surface area contributed by atoms with E-state index in [-0.39, 0.29) is 21.4 Å². The van der Waals surface area contributed by atoms with Gasteiger partial charge in [-0.25, -0.2) is 9.29 Å². The number of amides is 2. The molecule has 0 saturated carbocycles. The lowest BCUT2D eigenvalue weighted by Gasteiger charge is -2.29. The number of anilines is 1. The van der Waals surface area contributed by atoms with Gasteiger partial charge in [-0.2, -0.15) is 0 Å². The van der Waals surface area contributed by atoms with Gasteiger partial charge in [-0.1, -0.05) is 23.7 Å². The van der Waals surface area contributed by atoms with Crippen molar-refractivity contribution in [2.45, 2.75) is 6.92 Å². The van der Waals surface area contributed by atoms with Crippen LogP contribution in [0.1, 0.15) is 12.5 Å². The van der Waals surface area contributed by atoms with Crippen LogP contribution in [0.15, 0.2) is 42.0 Å². The number of rotatable bonds is 5. The van der Waals surface area contributed by atoms with Crippen molar-refractivity contribution < 1.29 is 23.5 Å². The molecule has 0 spiro atoms. The summed E-state index contributed by atoms with van der Waals surface area (Å²) in [6.07, 6.45) is 1.30. The number of carbonyl (C=O) groups excluding carboxylic acids is 2. The number of hydrogen-bond acceptors (Lipinski definition) is 5. The molecule has 2 aromatic carbocycles. The minimum Gasteiger partial charge on any atom is -0.493 e. The van der Waals surface area contributed by atoms with Crippen LogP contribution in [0.5, 0.6) is 11.5 Å². The Labute approximate surface area is 176 Å². The van der Waals surface area contributed by atoms with E-state index in [1.807, 2.05) is 0 Å². The summed E-state index contributed by atoms with van der Waals surface area (Å²) in [6, 6.07) is 8.70. The number of halogens is 2. The van der Waals surface area contributed by atoms with Crippen LogP contribution in [-0.4, -0.2) is 30.6 Å². The van der Waals surface area contributed by atoms with Crippen LogP contribution >= 0.6 is 23.8 Å². The Kier molecular flexibility index (Phi) is 6.14. The number of nitrogens with zero attached hydrogens (tertiary/aromatic N) is 1. The summed E-state index contributed by atoms with van der Waals surface area (Å²) in [5, 5.41) is 2.43. The quantitative estimate of drug-likeness (QED) is 0.441. The smallest absolute Gasteiger partial charge is 0.270 e. The monoisotopic (exact) mass is 434 g/mol. The van der Waals surface area contributed by atoms with Crippen LogP contribution in [-0.2, 0) is 9.59 Å². The molecule has 29 heavy (non-hydrogen) atoms. The van der Waals surface area contributed by atoms with Gasteiger partial charge in [0.2, 0.25) is 0 Å². The van der Waals surface area contributed by atoms with Crippen molar-refractivity contribution in [1.82, 2.24) is 5.32 Å². The number of methoxy groups -OCH3 is 1. The normalized spacial score (nSPS) is 15.5. The highest BCUT2D eigenvalue weighted by atomic mass is 35.5. The molecule has 0 aliphatic carbocycles. The molecule has 0 aromatic heterocycles. The standard InChI is InChI=1S/C20H16ClFN2O4S/c1-3-28-17-9-11(13(21)10-16(17)27-2)8-12-18(25)23-20(29)24(19(12)26)15-7-5-4-6-14(15)22/h4-10H,3H2,1-2H3,(H,23,25,29)/b12-8+. The Hall–Kier alpha value is -2.97. The lowest BCUT2D eigenvalue weighted by atomic mass is 10.1. The Morgan fingerprint density at radius 3 is 2.62 bits per heavy atom. The first-order chi connectivity index (χ1) is 13.9. The highest BCUT2D eigenvalue weighted by Gasteiger charge is 2.35. The Bertz CT molecular complexity index is 1040. The molecule has 2 aromatic rings. The summed E-state index contributed by atoms with van der Waals surface area (Å²) >= 11 is 11.4. The van der Waals surface area contributed by atoms with Gasteiger partial charge < -0.3 is 9.47 Å². The lowest BCUT2D eigenvalue weighted by Crippen LogP contribution is -2.54. The SMILES string of the molecule is CCOc1cc(/C=C2\C(=O)NC(=S)N(c3ccccc3F)C2=O)c(Cl)cc1OC. The minimum atomic E-state index is -0.770. The van der Waals surface area contributed by atoms with Gasteiger partial charge in [-0.15, -0.1) is 0 Å². The topological polar surface area (TPSA) is 67.9 Å². The van der Waals surface area contributed by atoms with E-state index in [0.29, 0.717) is 23.7 Å². The van der Waals surface area contributed by atoms with Gasteiger partial charge in [-0.05, 0) is 49.0 Å². The van der Waals surface area contributed by atoms with Crippen LogP contribution < -0.4 is 19.7 Å². The summed E-state index contributed by atoms with van der Waals surface area (Å²) in [6.45, 7) is 2.18. The molecule has 9 heteroatoms. The molecule has 1 fully saturated rings. The molecule has 0 radical (unpaired) electrons. The number of ether oxygens (including phenoxy) is 2. The first-order valence-electron chi connectivity index (χ1n) is 8.53. The van der Waals surface area contributed by atoms with Crippen LogP contribution in [0.25, 0.3) is 6.08 Å². The van der Waals surface area contributed by atoms with Crippen molar-refractivity contribution in [3.8, 4) is 11.5 Å². The molecule has 1 heterocycles. The second-order valence-electron chi connectivity index (χ2n) is 5.87. The molecule has 1 aliphatic rings. The maximum atomic E-state index is 14.2. The van der Waals surface area contributed by atoms with Crippen molar-refractivity contribution in [3.05, 3.63) is 58.4 Å². The number of thiocarbonyl (C=S) groups is 1. The first-order valence-corrected chi connectivity index (χ1v) is 9.32. The molecule has 0 bridgehead atoms.